The molecule has 1 rings (SSSR count). The fourth-order valence-corrected chi connectivity index (χ4v) is 1.65. The molecule has 1 aromatic carbocycles. The first-order valence-corrected chi connectivity index (χ1v) is 6.19. The third-order valence-electron chi connectivity index (χ3n) is 2.10. The molecule has 0 fully saturated rings. The third-order valence-corrected chi connectivity index (χ3v) is 3.04. The van der Waals surface area contributed by atoms with E-state index in [-0.39, 0.29) is 17.9 Å². The molecule has 1 aromatic rings. The predicted octanol–water partition coefficient (Wildman–Crippen LogP) is 1.24. The molecule has 0 spiro atoms. The highest BCUT2D eigenvalue weighted by Crippen LogP contribution is 2.14. The average molecular weight is 367 g/mol. The third kappa shape index (κ3) is 3.83. The van der Waals surface area contributed by atoms with Crippen molar-refractivity contribution < 1.29 is 23.8 Å². The molecule has 2 N–H and O–H groups in total. The molecular formula is C11H11FINO4. The van der Waals surface area contributed by atoms with Crippen LogP contribution in [-0.2, 0) is 9.53 Å². The van der Waals surface area contributed by atoms with E-state index in [9.17, 15) is 14.0 Å². The summed E-state index contributed by atoms with van der Waals surface area (Å²) in [6, 6.07) is 3.22. The van der Waals surface area contributed by atoms with Gasteiger partial charge in [-0.25, -0.2) is 4.39 Å². The van der Waals surface area contributed by atoms with E-state index in [2.05, 4.69) is 10.1 Å². The van der Waals surface area contributed by atoms with E-state index in [4.69, 9.17) is 5.11 Å². The number of nitrogens with one attached hydrogen (secondary N) is 1. The number of rotatable bonds is 4. The normalized spacial score (nSPS) is 11.7. The standard InChI is InChI=1S/C11H11FINO4/c1-18-11(17)9(13)5-14-10(16)7-3-2-6(15)4-8(7)12/h2-4,9,15H,5H2,1H3,(H,14,16). The maximum absolute atomic E-state index is 13.3. The molecular weight excluding hydrogens is 356 g/mol. The van der Waals surface area contributed by atoms with Gasteiger partial charge in [0.1, 0.15) is 15.5 Å². The number of hydrogen-bond donors (Lipinski definition) is 2. The number of phenols is 1. The summed E-state index contributed by atoms with van der Waals surface area (Å²) < 4.78 is 17.3. The number of esters is 1. The number of methoxy groups -OCH3 is 1. The Morgan fingerprint density at radius 1 is 1.56 bits per heavy atom. The molecule has 0 saturated carbocycles. The Kier molecular flexibility index (Phi) is 5.32. The molecule has 98 valence electrons. The van der Waals surface area contributed by atoms with E-state index < -0.39 is 21.6 Å². The highest BCUT2D eigenvalue weighted by molar-refractivity contribution is 14.1. The van der Waals surface area contributed by atoms with Gasteiger partial charge in [-0.1, -0.05) is 22.6 Å². The molecule has 18 heavy (non-hydrogen) atoms. The van der Waals surface area contributed by atoms with Crippen LogP contribution in [0.3, 0.4) is 0 Å². The van der Waals surface area contributed by atoms with Gasteiger partial charge in [-0.05, 0) is 12.1 Å². The van der Waals surface area contributed by atoms with Crippen LogP contribution in [0.25, 0.3) is 0 Å². The Hall–Kier alpha value is -1.38. The Labute approximate surface area is 116 Å². The monoisotopic (exact) mass is 367 g/mol. The van der Waals surface area contributed by atoms with Gasteiger partial charge in [-0.3, -0.25) is 9.59 Å². The van der Waals surface area contributed by atoms with E-state index in [0.29, 0.717) is 0 Å². The first kappa shape index (κ1) is 14.7. The van der Waals surface area contributed by atoms with Crippen LogP contribution in [0.2, 0.25) is 0 Å². The van der Waals surface area contributed by atoms with Gasteiger partial charge in [0.15, 0.2) is 0 Å². The molecule has 1 unspecified atom stereocenters. The van der Waals surface area contributed by atoms with E-state index in [1.54, 1.807) is 0 Å². The molecule has 0 aromatic heterocycles. The number of carbonyl (C=O) groups is 2. The van der Waals surface area contributed by atoms with Gasteiger partial charge in [0.25, 0.3) is 5.91 Å². The summed E-state index contributed by atoms with van der Waals surface area (Å²) >= 11 is 1.81. The van der Waals surface area contributed by atoms with Crippen molar-refractivity contribution in [1.82, 2.24) is 5.32 Å². The van der Waals surface area contributed by atoms with Gasteiger partial charge in [-0.15, -0.1) is 0 Å². The van der Waals surface area contributed by atoms with Crippen LogP contribution in [0, 0.1) is 5.82 Å². The maximum atomic E-state index is 13.3. The molecule has 1 atom stereocenters. The van der Waals surface area contributed by atoms with Crippen LogP contribution < -0.4 is 5.32 Å². The maximum Gasteiger partial charge on any atom is 0.320 e. The van der Waals surface area contributed by atoms with Gasteiger partial charge in [0.2, 0.25) is 0 Å². The summed E-state index contributed by atoms with van der Waals surface area (Å²) in [7, 11) is 1.25. The lowest BCUT2D eigenvalue weighted by Crippen LogP contribution is -2.34. The summed E-state index contributed by atoms with van der Waals surface area (Å²) in [5.74, 6) is -2.21. The second kappa shape index (κ2) is 6.53. The quantitative estimate of drug-likeness (QED) is 0.477. The minimum absolute atomic E-state index is 0.0341. The van der Waals surface area contributed by atoms with Crippen molar-refractivity contribution in [2.45, 2.75) is 3.92 Å². The summed E-state index contributed by atoms with van der Waals surface area (Å²) in [6.45, 7) is 0.0341. The fourth-order valence-electron chi connectivity index (χ4n) is 1.18. The van der Waals surface area contributed by atoms with Crippen molar-refractivity contribution in [3.8, 4) is 5.75 Å². The van der Waals surface area contributed by atoms with E-state index in [1.165, 1.54) is 19.2 Å². The van der Waals surface area contributed by atoms with Crippen molar-refractivity contribution >= 4 is 34.5 Å². The highest BCUT2D eigenvalue weighted by atomic mass is 127. The van der Waals surface area contributed by atoms with Crippen molar-refractivity contribution in [3.05, 3.63) is 29.6 Å². The molecule has 0 aliphatic rings. The Morgan fingerprint density at radius 3 is 2.78 bits per heavy atom. The molecule has 0 bridgehead atoms. The number of ether oxygens (including phenoxy) is 1. The van der Waals surface area contributed by atoms with Crippen LogP contribution in [-0.4, -0.2) is 34.6 Å². The minimum Gasteiger partial charge on any atom is -0.508 e. The lowest BCUT2D eigenvalue weighted by atomic mass is 10.2. The molecule has 0 radical (unpaired) electrons. The van der Waals surface area contributed by atoms with Crippen LogP contribution in [0.15, 0.2) is 18.2 Å². The van der Waals surface area contributed by atoms with Crippen molar-refractivity contribution in [1.29, 1.82) is 0 Å². The molecule has 0 aliphatic carbocycles. The zero-order valence-corrected chi connectivity index (χ0v) is 11.6. The van der Waals surface area contributed by atoms with E-state index >= 15 is 0 Å². The molecule has 0 heterocycles. The number of phenolic OH excluding ortho intramolecular Hbond substituents is 1. The summed E-state index contributed by atoms with van der Waals surface area (Å²) in [5, 5.41) is 11.4. The lowest BCUT2D eigenvalue weighted by Gasteiger charge is -2.09. The largest absolute Gasteiger partial charge is 0.508 e. The van der Waals surface area contributed by atoms with Crippen molar-refractivity contribution in [3.63, 3.8) is 0 Å². The van der Waals surface area contributed by atoms with Crippen molar-refractivity contribution in [2.24, 2.45) is 0 Å². The van der Waals surface area contributed by atoms with Gasteiger partial charge in [0.05, 0.1) is 12.7 Å². The zero-order valence-electron chi connectivity index (χ0n) is 9.44. The number of amides is 1. The number of alkyl halides is 1. The molecule has 0 aliphatic heterocycles. The first-order valence-electron chi connectivity index (χ1n) is 4.94. The molecule has 1 amide bonds. The molecule has 5 nitrogen and oxygen atoms in total. The number of hydrogen-bond acceptors (Lipinski definition) is 4. The predicted molar refractivity (Wildman–Crippen MR) is 70.2 cm³/mol. The van der Waals surface area contributed by atoms with E-state index in [0.717, 1.165) is 6.07 Å². The summed E-state index contributed by atoms with van der Waals surface area (Å²) in [6.07, 6.45) is 0. The lowest BCUT2D eigenvalue weighted by molar-refractivity contribution is -0.139. The van der Waals surface area contributed by atoms with Crippen LogP contribution in [0.1, 0.15) is 10.4 Å². The van der Waals surface area contributed by atoms with Gasteiger partial charge in [-0.2, -0.15) is 0 Å². The van der Waals surface area contributed by atoms with Gasteiger partial charge < -0.3 is 15.2 Å². The smallest absolute Gasteiger partial charge is 0.320 e. The van der Waals surface area contributed by atoms with Crippen LogP contribution in [0.5, 0.6) is 5.75 Å². The average Bonchev–Trinajstić information content (AvgIpc) is 2.34. The topological polar surface area (TPSA) is 75.6 Å². The number of benzene rings is 1. The molecule has 0 saturated heterocycles. The second-order valence-corrected chi connectivity index (χ2v) is 4.87. The number of carbonyl (C=O) groups excluding carboxylic acids is 2. The number of aromatic hydroxyl groups is 1. The van der Waals surface area contributed by atoms with Crippen LogP contribution in [0.4, 0.5) is 4.39 Å². The Morgan fingerprint density at radius 2 is 2.22 bits per heavy atom. The summed E-state index contributed by atoms with van der Waals surface area (Å²) in [4.78, 5) is 22.7. The first-order chi connectivity index (χ1) is 8.45. The van der Waals surface area contributed by atoms with Gasteiger partial charge in [0, 0.05) is 12.6 Å². The minimum atomic E-state index is -0.824. The fraction of sp³-hybridized carbons (Fsp3) is 0.273. The number of halogens is 2. The SMILES string of the molecule is COC(=O)C(I)CNC(=O)c1ccc(O)cc1F. The Balaban J connectivity index is 2.63. The van der Waals surface area contributed by atoms with E-state index in [1.807, 2.05) is 22.6 Å². The van der Waals surface area contributed by atoms with Gasteiger partial charge >= 0.3 is 5.97 Å². The van der Waals surface area contributed by atoms with Crippen LogP contribution >= 0.6 is 22.6 Å². The summed E-state index contributed by atoms with van der Waals surface area (Å²) in [5.41, 5.74) is -0.193. The highest BCUT2D eigenvalue weighted by Gasteiger charge is 2.18. The second-order valence-electron chi connectivity index (χ2n) is 3.36. The van der Waals surface area contributed by atoms with Crippen molar-refractivity contribution in [2.75, 3.05) is 13.7 Å². The zero-order chi connectivity index (χ0) is 13.7. The Bertz CT molecular complexity index is 466. The molecule has 7 heteroatoms.